The molecule has 23 heavy (non-hydrogen) atoms. The van der Waals surface area contributed by atoms with E-state index >= 15 is 0 Å². The molecule has 0 unspecified atom stereocenters. The van der Waals surface area contributed by atoms with Crippen LogP contribution in [0.3, 0.4) is 0 Å². The van der Waals surface area contributed by atoms with E-state index in [0.29, 0.717) is 22.6 Å². The second-order valence-corrected chi connectivity index (χ2v) is 4.73. The zero-order valence-corrected chi connectivity index (χ0v) is 12.9. The maximum absolute atomic E-state index is 11.6. The van der Waals surface area contributed by atoms with Gasteiger partial charge in [0.1, 0.15) is 5.75 Å². The number of methoxy groups -OCH3 is 1. The number of hydrogen-bond acceptors (Lipinski definition) is 5. The largest absolute Gasteiger partial charge is 0.465 e. The van der Waals surface area contributed by atoms with Crippen LogP contribution in [-0.4, -0.2) is 19.0 Å². The summed E-state index contributed by atoms with van der Waals surface area (Å²) in [5.74, 6) is 0.219. The van der Waals surface area contributed by atoms with Gasteiger partial charge in [-0.1, -0.05) is 18.7 Å². The van der Waals surface area contributed by atoms with Crippen molar-refractivity contribution in [2.45, 2.75) is 6.92 Å². The number of carbonyl (C=O) groups excluding carboxylic acids is 2. The van der Waals surface area contributed by atoms with Crippen LogP contribution in [0, 0.1) is 0 Å². The summed E-state index contributed by atoms with van der Waals surface area (Å²) in [6.45, 7) is 5.11. The Hall–Kier alpha value is -3.08. The van der Waals surface area contributed by atoms with Crippen LogP contribution in [0.1, 0.15) is 17.3 Å². The molecule has 0 amide bonds. The van der Waals surface area contributed by atoms with Crippen molar-refractivity contribution in [2.24, 2.45) is 0 Å². The highest BCUT2D eigenvalue weighted by Gasteiger charge is 2.12. The molecule has 0 saturated heterocycles. The van der Waals surface area contributed by atoms with Gasteiger partial charge >= 0.3 is 11.9 Å². The van der Waals surface area contributed by atoms with Gasteiger partial charge in [0.15, 0.2) is 11.5 Å². The standard InChI is InChI=1S/C18H16O5/c1-12(2)17(19)23-16-7-5-4-6-15(16)22-14-10-8-13(9-11-14)18(20)21-3/h4-11H,1H2,2-3H3. The highest BCUT2D eigenvalue weighted by Crippen LogP contribution is 2.31. The highest BCUT2D eigenvalue weighted by molar-refractivity contribution is 5.89. The summed E-state index contributed by atoms with van der Waals surface area (Å²) in [4.78, 5) is 23.0. The van der Waals surface area contributed by atoms with Crippen molar-refractivity contribution >= 4 is 11.9 Å². The maximum atomic E-state index is 11.6. The third-order valence-corrected chi connectivity index (χ3v) is 2.90. The molecule has 0 heterocycles. The summed E-state index contributed by atoms with van der Waals surface area (Å²) >= 11 is 0. The van der Waals surface area contributed by atoms with E-state index < -0.39 is 11.9 Å². The van der Waals surface area contributed by atoms with Crippen molar-refractivity contribution in [3.05, 3.63) is 66.2 Å². The minimum absolute atomic E-state index is 0.289. The molecule has 0 aromatic heterocycles. The number of hydrogen-bond donors (Lipinski definition) is 0. The molecule has 0 N–H and O–H groups in total. The fourth-order valence-electron chi connectivity index (χ4n) is 1.71. The average Bonchev–Trinajstić information content (AvgIpc) is 2.56. The molecular formula is C18H16O5. The van der Waals surface area contributed by atoms with Crippen molar-refractivity contribution in [3.63, 3.8) is 0 Å². The molecule has 5 heteroatoms. The van der Waals surface area contributed by atoms with Crippen molar-refractivity contribution in [1.82, 2.24) is 0 Å². The van der Waals surface area contributed by atoms with Gasteiger partial charge in [-0.3, -0.25) is 0 Å². The van der Waals surface area contributed by atoms with Gasteiger partial charge in [0.2, 0.25) is 0 Å². The molecule has 0 aliphatic rings. The summed E-state index contributed by atoms with van der Waals surface area (Å²) in [5, 5.41) is 0. The van der Waals surface area contributed by atoms with Gasteiger partial charge < -0.3 is 14.2 Å². The first-order chi connectivity index (χ1) is 11.0. The van der Waals surface area contributed by atoms with Crippen molar-refractivity contribution in [2.75, 3.05) is 7.11 Å². The summed E-state index contributed by atoms with van der Waals surface area (Å²) in [5.41, 5.74) is 0.712. The number of carbonyl (C=O) groups is 2. The summed E-state index contributed by atoms with van der Waals surface area (Å²) in [7, 11) is 1.32. The Bertz CT molecular complexity index is 731. The lowest BCUT2D eigenvalue weighted by atomic mass is 10.2. The molecular weight excluding hydrogens is 296 g/mol. The first-order valence-electron chi connectivity index (χ1n) is 6.84. The number of rotatable bonds is 5. The maximum Gasteiger partial charge on any atom is 0.338 e. The van der Waals surface area contributed by atoms with Gasteiger partial charge in [-0.2, -0.15) is 0 Å². The minimum atomic E-state index is -0.526. The quantitative estimate of drug-likeness (QED) is 0.478. The van der Waals surface area contributed by atoms with Crippen LogP contribution in [0.15, 0.2) is 60.7 Å². The number of ether oxygens (including phenoxy) is 3. The Morgan fingerprint density at radius 3 is 2.13 bits per heavy atom. The fourth-order valence-corrected chi connectivity index (χ4v) is 1.71. The van der Waals surface area contributed by atoms with Gasteiger partial charge in [-0.25, -0.2) is 9.59 Å². The monoisotopic (exact) mass is 312 g/mol. The fraction of sp³-hybridized carbons (Fsp3) is 0.111. The predicted molar refractivity (Wildman–Crippen MR) is 84.7 cm³/mol. The topological polar surface area (TPSA) is 61.8 Å². The van der Waals surface area contributed by atoms with Crippen LogP contribution in [0.2, 0.25) is 0 Å². The highest BCUT2D eigenvalue weighted by atomic mass is 16.6. The molecule has 0 fully saturated rings. The number of para-hydroxylation sites is 2. The van der Waals surface area contributed by atoms with E-state index in [2.05, 4.69) is 11.3 Å². The minimum Gasteiger partial charge on any atom is -0.465 e. The van der Waals surface area contributed by atoms with Crippen LogP contribution >= 0.6 is 0 Å². The Labute approximate surface area is 134 Å². The van der Waals surface area contributed by atoms with Crippen molar-refractivity contribution in [3.8, 4) is 17.2 Å². The normalized spacial score (nSPS) is 9.83. The smallest absolute Gasteiger partial charge is 0.338 e. The molecule has 2 aromatic rings. The number of esters is 2. The lowest BCUT2D eigenvalue weighted by Gasteiger charge is -2.11. The molecule has 2 rings (SSSR count). The van der Waals surface area contributed by atoms with E-state index in [1.807, 2.05) is 0 Å². The molecule has 0 aliphatic heterocycles. The molecule has 5 nitrogen and oxygen atoms in total. The van der Waals surface area contributed by atoms with Crippen LogP contribution in [-0.2, 0) is 9.53 Å². The van der Waals surface area contributed by atoms with Gasteiger partial charge in [0.05, 0.1) is 12.7 Å². The third-order valence-electron chi connectivity index (χ3n) is 2.90. The zero-order valence-electron chi connectivity index (χ0n) is 12.9. The summed E-state index contributed by atoms with van der Waals surface area (Å²) in [6, 6.07) is 13.2. The van der Waals surface area contributed by atoms with Gasteiger partial charge in [0.25, 0.3) is 0 Å². The Kier molecular flexibility index (Phi) is 5.15. The Balaban J connectivity index is 2.18. The Morgan fingerprint density at radius 1 is 0.957 bits per heavy atom. The SMILES string of the molecule is C=C(C)C(=O)Oc1ccccc1Oc1ccc(C(=O)OC)cc1. The predicted octanol–water partition coefficient (Wildman–Crippen LogP) is 3.75. The van der Waals surface area contributed by atoms with E-state index in [-0.39, 0.29) is 5.75 Å². The first kappa shape index (κ1) is 16.3. The molecule has 0 radical (unpaired) electrons. The van der Waals surface area contributed by atoms with Crippen LogP contribution < -0.4 is 9.47 Å². The van der Waals surface area contributed by atoms with E-state index in [9.17, 15) is 9.59 Å². The second-order valence-electron chi connectivity index (χ2n) is 4.73. The molecule has 0 aliphatic carbocycles. The van der Waals surface area contributed by atoms with Gasteiger partial charge in [-0.05, 0) is 43.3 Å². The van der Waals surface area contributed by atoms with E-state index in [1.165, 1.54) is 7.11 Å². The van der Waals surface area contributed by atoms with E-state index in [4.69, 9.17) is 9.47 Å². The number of benzene rings is 2. The van der Waals surface area contributed by atoms with Crippen LogP contribution in [0.4, 0.5) is 0 Å². The lowest BCUT2D eigenvalue weighted by molar-refractivity contribution is -0.130. The third kappa shape index (κ3) is 4.20. The molecule has 0 atom stereocenters. The van der Waals surface area contributed by atoms with E-state index in [1.54, 1.807) is 55.5 Å². The second kappa shape index (κ2) is 7.26. The molecule has 118 valence electrons. The first-order valence-corrected chi connectivity index (χ1v) is 6.84. The van der Waals surface area contributed by atoms with Gasteiger partial charge in [0, 0.05) is 5.57 Å². The van der Waals surface area contributed by atoms with Crippen molar-refractivity contribution in [1.29, 1.82) is 0 Å². The summed E-state index contributed by atoms with van der Waals surface area (Å²) in [6.07, 6.45) is 0. The van der Waals surface area contributed by atoms with Crippen molar-refractivity contribution < 1.29 is 23.8 Å². The van der Waals surface area contributed by atoms with E-state index in [0.717, 1.165) is 0 Å². The average molecular weight is 312 g/mol. The van der Waals surface area contributed by atoms with Crippen LogP contribution in [0.25, 0.3) is 0 Å². The molecule has 0 spiro atoms. The van der Waals surface area contributed by atoms with Gasteiger partial charge in [-0.15, -0.1) is 0 Å². The molecule has 0 bridgehead atoms. The molecule has 0 saturated carbocycles. The van der Waals surface area contributed by atoms with Crippen LogP contribution in [0.5, 0.6) is 17.2 Å². The zero-order chi connectivity index (χ0) is 16.8. The summed E-state index contributed by atoms with van der Waals surface area (Å²) < 4.78 is 15.6. The molecule has 2 aromatic carbocycles. The Morgan fingerprint density at radius 2 is 1.57 bits per heavy atom. The lowest BCUT2D eigenvalue weighted by Crippen LogP contribution is -2.08.